The van der Waals surface area contributed by atoms with Crippen molar-refractivity contribution in [1.82, 2.24) is 4.98 Å². The van der Waals surface area contributed by atoms with Crippen molar-refractivity contribution in [2.45, 2.75) is 20.3 Å². The van der Waals surface area contributed by atoms with Crippen molar-refractivity contribution < 1.29 is 4.42 Å². The highest BCUT2D eigenvalue weighted by atomic mass is 16.4. The van der Waals surface area contributed by atoms with E-state index < -0.39 is 0 Å². The van der Waals surface area contributed by atoms with Gasteiger partial charge in [-0.3, -0.25) is 0 Å². The van der Waals surface area contributed by atoms with Crippen LogP contribution >= 0.6 is 0 Å². The summed E-state index contributed by atoms with van der Waals surface area (Å²) in [6.45, 7) is 3.94. The second-order valence-electron chi connectivity index (χ2n) is 2.13. The second kappa shape index (κ2) is 2.73. The van der Waals surface area contributed by atoms with Crippen LogP contribution < -0.4 is 5.32 Å². The van der Waals surface area contributed by atoms with Crippen LogP contribution in [0, 0.1) is 6.92 Å². The molecule has 0 aromatic carbocycles. The number of oxazole rings is 1. The summed E-state index contributed by atoms with van der Waals surface area (Å²) in [4.78, 5) is 4.17. The Bertz CT molecular complexity index is 217. The molecule has 0 saturated heterocycles. The van der Waals surface area contributed by atoms with Gasteiger partial charge in [0, 0.05) is 13.5 Å². The van der Waals surface area contributed by atoms with Gasteiger partial charge in [0.25, 0.3) is 0 Å². The van der Waals surface area contributed by atoms with E-state index in [4.69, 9.17) is 4.42 Å². The van der Waals surface area contributed by atoms with Gasteiger partial charge in [0.05, 0.1) is 0 Å². The molecular formula is C7H12N2O. The van der Waals surface area contributed by atoms with Gasteiger partial charge in [0.15, 0.2) is 5.89 Å². The molecular weight excluding hydrogens is 128 g/mol. The smallest absolute Gasteiger partial charge is 0.216 e. The lowest BCUT2D eigenvalue weighted by molar-refractivity contribution is 0.515. The molecule has 0 aliphatic heterocycles. The predicted octanol–water partition coefficient (Wildman–Crippen LogP) is 1.59. The van der Waals surface area contributed by atoms with Crippen LogP contribution in [0.4, 0.5) is 5.88 Å². The zero-order valence-corrected chi connectivity index (χ0v) is 6.56. The Kier molecular flexibility index (Phi) is 1.94. The van der Waals surface area contributed by atoms with Crippen molar-refractivity contribution >= 4 is 5.88 Å². The highest BCUT2D eigenvalue weighted by molar-refractivity contribution is 5.34. The molecule has 1 aromatic rings. The van der Waals surface area contributed by atoms with E-state index in [-0.39, 0.29) is 0 Å². The van der Waals surface area contributed by atoms with Gasteiger partial charge in [-0.1, -0.05) is 6.92 Å². The molecule has 56 valence electrons. The lowest BCUT2D eigenvalue weighted by Gasteiger charge is -1.90. The Morgan fingerprint density at radius 3 is 2.60 bits per heavy atom. The van der Waals surface area contributed by atoms with Crippen LogP contribution in [0.25, 0.3) is 0 Å². The Labute approximate surface area is 60.5 Å². The summed E-state index contributed by atoms with van der Waals surface area (Å²) in [5.74, 6) is 1.57. The number of nitrogens with one attached hydrogen (secondary N) is 1. The van der Waals surface area contributed by atoms with Gasteiger partial charge < -0.3 is 9.73 Å². The fourth-order valence-electron chi connectivity index (χ4n) is 0.835. The molecule has 0 unspecified atom stereocenters. The number of anilines is 1. The molecule has 0 spiro atoms. The molecule has 10 heavy (non-hydrogen) atoms. The summed E-state index contributed by atoms with van der Waals surface area (Å²) in [6, 6.07) is 0. The average Bonchev–Trinajstić information content (AvgIpc) is 2.30. The van der Waals surface area contributed by atoms with Crippen LogP contribution in [-0.4, -0.2) is 12.0 Å². The molecule has 0 aliphatic rings. The number of hydrogen-bond donors (Lipinski definition) is 1. The van der Waals surface area contributed by atoms with Crippen LogP contribution in [0.3, 0.4) is 0 Å². The van der Waals surface area contributed by atoms with E-state index in [0.717, 1.165) is 23.9 Å². The molecule has 0 atom stereocenters. The van der Waals surface area contributed by atoms with Crippen molar-refractivity contribution in [2.75, 3.05) is 12.4 Å². The molecule has 0 bridgehead atoms. The number of hydrogen-bond acceptors (Lipinski definition) is 3. The normalized spacial score (nSPS) is 9.90. The van der Waals surface area contributed by atoms with E-state index in [0.29, 0.717) is 0 Å². The van der Waals surface area contributed by atoms with E-state index in [1.54, 1.807) is 0 Å². The van der Waals surface area contributed by atoms with Crippen molar-refractivity contribution in [2.24, 2.45) is 0 Å². The zero-order valence-electron chi connectivity index (χ0n) is 6.56. The van der Waals surface area contributed by atoms with Crippen LogP contribution in [0.1, 0.15) is 18.5 Å². The molecule has 3 heteroatoms. The molecule has 0 saturated carbocycles. The number of rotatable bonds is 2. The summed E-state index contributed by atoms with van der Waals surface area (Å²) in [6.07, 6.45) is 0.850. The van der Waals surface area contributed by atoms with Crippen LogP contribution in [0.2, 0.25) is 0 Å². The lowest BCUT2D eigenvalue weighted by atomic mass is 10.5. The fraction of sp³-hybridized carbons (Fsp3) is 0.571. The standard InChI is InChI=1S/C7H12N2O/c1-4-6-9-5(2)7(8-3)10-6/h8H,4H2,1-3H3. The number of aryl methyl sites for hydroxylation is 2. The predicted molar refractivity (Wildman–Crippen MR) is 40.2 cm³/mol. The van der Waals surface area contributed by atoms with E-state index in [9.17, 15) is 0 Å². The maximum Gasteiger partial charge on any atom is 0.216 e. The van der Waals surface area contributed by atoms with Gasteiger partial charge in [-0.05, 0) is 6.92 Å². The molecule has 1 heterocycles. The molecule has 0 amide bonds. The van der Waals surface area contributed by atoms with Gasteiger partial charge >= 0.3 is 0 Å². The molecule has 1 aromatic heterocycles. The van der Waals surface area contributed by atoms with Gasteiger partial charge in [-0.25, -0.2) is 4.98 Å². The largest absolute Gasteiger partial charge is 0.425 e. The second-order valence-corrected chi connectivity index (χ2v) is 2.13. The fourth-order valence-corrected chi connectivity index (χ4v) is 0.835. The van der Waals surface area contributed by atoms with Crippen LogP contribution in [0.15, 0.2) is 4.42 Å². The van der Waals surface area contributed by atoms with Crippen molar-refractivity contribution in [3.63, 3.8) is 0 Å². The molecule has 0 radical (unpaired) electrons. The van der Waals surface area contributed by atoms with Gasteiger partial charge in [-0.2, -0.15) is 0 Å². The topological polar surface area (TPSA) is 38.1 Å². The number of aromatic nitrogens is 1. The first-order chi connectivity index (χ1) is 4.77. The summed E-state index contributed by atoms with van der Waals surface area (Å²) in [5, 5.41) is 2.92. The van der Waals surface area contributed by atoms with Crippen LogP contribution in [0.5, 0.6) is 0 Å². The maximum absolute atomic E-state index is 5.29. The zero-order chi connectivity index (χ0) is 7.56. The molecule has 0 fully saturated rings. The first kappa shape index (κ1) is 7.12. The van der Waals surface area contributed by atoms with E-state index in [1.165, 1.54) is 0 Å². The molecule has 1 rings (SSSR count). The minimum absolute atomic E-state index is 0.775. The summed E-state index contributed by atoms with van der Waals surface area (Å²) in [7, 11) is 1.83. The first-order valence-corrected chi connectivity index (χ1v) is 3.42. The Morgan fingerprint density at radius 2 is 2.30 bits per heavy atom. The highest BCUT2D eigenvalue weighted by Gasteiger charge is 2.04. The Hall–Kier alpha value is -0.990. The average molecular weight is 140 g/mol. The third-order valence-electron chi connectivity index (χ3n) is 1.37. The molecule has 3 nitrogen and oxygen atoms in total. The van der Waals surface area contributed by atoms with E-state index in [1.807, 2.05) is 20.9 Å². The van der Waals surface area contributed by atoms with Crippen molar-refractivity contribution in [3.8, 4) is 0 Å². The minimum atomic E-state index is 0.775. The third kappa shape index (κ3) is 1.12. The first-order valence-electron chi connectivity index (χ1n) is 3.42. The Balaban J connectivity index is 2.92. The molecule has 1 N–H and O–H groups in total. The van der Waals surface area contributed by atoms with Gasteiger partial charge in [0.2, 0.25) is 5.88 Å². The van der Waals surface area contributed by atoms with Crippen LogP contribution in [-0.2, 0) is 6.42 Å². The SMILES string of the molecule is CCc1nc(C)c(NC)o1. The monoisotopic (exact) mass is 140 g/mol. The van der Waals surface area contributed by atoms with Crippen molar-refractivity contribution in [1.29, 1.82) is 0 Å². The maximum atomic E-state index is 5.29. The third-order valence-corrected chi connectivity index (χ3v) is 1.37. The van der Waals surface area contributed by atoms with E-state index in [2.05, 4.69) is 10.3 Å². The highest BCUT2D eigenvalue weighted by Crippen LogP contribution is 2.14. The van der Waals surface area contributed by atoms with Gasteiger partial charge in [-0.15, -0.1) is 0 Å². The van der Waals surface area contributed by atoms with Crippen molar-refractivity contribution in [3.05, 3.63) is 11.6 Å². The Morgan fingerprint density at radius 1 is 1.60 bits per heavy atom. The lowest BCUT2D eigenvalue weighted by Crippen LogP contribution is -1.86. The number of nitrogens with zero attached hydrogens (tertiary/aromatic N) is 1. The summed E-state index contributed by atoms with van der Waals surface area (Å²) < 4.78 is 5.29. The quantitative estimate of drug-likeness (QED) is 0.677. The van der Waals surface area contributed by atoms with Gasteiger partial charge in [0.1, 0.15) is 5.69 Å². The molecule has 0 aliphatic carbocycles. The minimum Gasteiger partial charge on any atom is -0.425 e. The van der Waals surface area contributed by atoms with E-state index >= 15 is 0 Å². The summed E-state index contributed by atoms with van der Waals surface area (Å²) >= 11 is 0. The summed E-state index contributed by atoms with van der Waals surface area (Å²) in [5.41, 5.74) is 0.930.